The van der Waals surface area contributed by atoms with Crippen LogP contribution >= 0.6 is 0 Å². The molecule has 1 aromatic carbocycles. The zero-order valence-electron chi connectivity index (χ0n) is 9.09. The molecule has 1 aromatic rings. The van der Waals surface area contributed by atoms with E-state index in [1.165, 1.54) is 0 Å². The highest BCUT2D eigenvalue weighted by Gasteiger charge is 2.26. The molecule has 1 aliphatic heterocycles. The number of nitrogens with one attached hydrogen (secondary N) is 2. The molecule has 0 aromatic heterocycles. The molecule has 9 heteroatoms. The summed E-state index contributed by atoms with van der Waals surface area (Å²) < 4.78 is 39.1. The van der Waals surface area contributed by atoms with E-state index in [2.05, 4.69) is 10.0 Å². The summed E-state index contributed by atoms with van der Waals surface area (Å²) in [4.78, 5) is 9.25. The summed E-state index contributed by atoms with van der Waals surface area (Å²) in [5.74, 6) is -1.07. The maximum absolute atomic E-state index is 13.1. The third-order valence-corrected chi connectivity index (χ3v) is 4.05. The lowest BCUT2D eigenvalue weighted by Gasteiger charge is -2.27. The van der Waals surface area contributed by atoms with E-state index in [1.54, 1.807) is 0 Å². The van der Waals surface area contributed by atoms with Gasteiger partial charge in [0.05, 0.1) is 9.82 Å². The smallest absolute Gasteiger partial charge is 0.306 e. The topological polar surface area (TPSA) is 101 Å². The summed E-state index contributed by atoms with van der Waals surface area (Å²) in [5.41, 5.74) is -0.857. The van der Waals surface area contributed by atoms with E-state index >= 15 is 0 Å². The highest BCUT2D eigenvalue weighted by atomic mass is 32.2. The average molecular weight is 275 g/mol. The molecule has 18 heavy (non-hydrogen) atoms. The van der Waals surface area contributed by atoms with Crippen molar-refractivity contribution in [2.75, 3.05) is 13.1 Å². The van der Waals surface area contributed by atoms with Gasteiger partial charge in [0.25, 0.3) is 0 Å². The minimum atomic E-state index is -3.85. The van der Waals surface area contributed by atoms with Gasteiger partial charge >= 0.3 is 5.69 Å². The van der Waals surface area contributed by atoms with Gasteiger partial charge in [-0.25, -0.2) is 13.1 Å². The lowest BCUT2D eigenvalue weighted by atomic mass is 10.2. The Hall–Kier alpha value is -1.58. The minimum Gasteiger partial charge on any atom is -0.313 e. The van der Waals surface area contributed by atoms with Crippen LogP contribution in [0.15, 0.2) is 23.1 Å². The quantitative estimate of drug-likeness (QED) is 0.594. The van der Waals surface area contributed by atoms with Crippen LogP contribution in [-0.4, -0.2) is 32.5 Å². The Bertz CT molecular complexity index is 585. The van der Waals surface area contributed by atoms with Crippen LogP contribution in [0.4, 0.5) is 10.1 Å². The van der Waals surface area contributed by atoms with Crippen molar-refractivity contribution in [3.8, 4) is 0 Å². The van der Waals surface area contributed by atoms with Crippen molar-refractivity contribution < 1.29 is 17.7 Å². The van der Waals surface area contributed by atoms with E-state index in [1.807, 2.05) is 0 Å². The fraction of sp³-hybridized carbons (Fsp3) is 0.333. The van der Waals surface area contributed by atoms with Crippen LogP contribution in [-0.2, 0) is 10.0 Å². The average Bonchev–Trinajstić information content (AvgIpc) is 2.23. The number of benzene rings is 1. The van der Waals surface area contributed by atoms with Crippen molar-refractivity contribution in [2.24, 2.45) is 0 Å². The van der Waals surface area contributed by atoms with Crippen LogP contribution < -0.4 is 10.0 Å². The van der Waals surface area contributed by atoms with Crippen LogP contribution in [0.3, 0.4) is 0 Å². The summed E-state index contributed by atoms with van der Waals surface area (Å²) in [6, 6.07) is 2.24. The maximum atomic E-state index is 13.1. The maximum Gasteiger partial charge on any atom is 0.306 e. The molecule has 1 saturated heterocycles. The Labute approximate surface area is 102 Å². The zero-order valence-corrected chi connectivity index (χ0v) is 9.91. The van der Waals surface area contributed by atoms with Crippen molar-refractivity contribution in [2.45, 2.75) is 10.9 Å². The van der Waals surface area contributed by atoms with Crippen molar-refractivity contribution in [3.63, 3.8) is 0 Å². The number of halogens is 1. The Morgan fingerprint density at radius 2 is 2.11 bits per heavy atom. The second kappa shape index (κ2) is 4.59. The lowest BCUT2D eigenvalue weighted by molar-refractivity contribution is -0.387. The predicted octanol–water partition coefficient (Wildman–Crippen LogP) is -0.0160. The number of rotatable bonds is 4. The third kappa shape index (κ3) is 2.47. The molecule has 0 aliphatic carbocycles. The molecule has 1 fully saturated rings. The highest BCUT2D eigenvalue weighted by Crippen LogP contribution is 2.21. The number of nitro benzene ring substituents is 1. The largest absolute Gasteiger partial charge is 0.313 e. The standard InChI is InChI=1S/C9H10FN3O4S/c10-8-2-1-7(3-9(8)13(14)15)18(16,17)12-6-4-11-5-6/h1-3,6,11-12H,4-5H2. The highest BCUT2D eigenvalue weighted by molar-refractivity contribution is 7.89. The minimum absolute atomic E-state index is 0.237. The molecule has 7 nitrogen and oxygen atoms in total. The normalized spacial score (nSPS) is 16.3. The Balaban J connectivity index is 2.32. The van der Waals surface area contributed by atoms with E-state index in [0.717, 1.165) is 12.1 Å². The first-order chi connectivity index (χ1) is 8.40. The van der Waals surface area contributed by atoms with E-state index in [-0.39, 0.29) is 10.9 Å². The molecule has 1 heterocycles. The van der Waals surface area contributed by atoms with Gasteiger partial charge < -0.3 is 5.32 Å². The van der Waals surface area contributed by atoms with Gasteiger partial charge in [-0.05, 0) is 12.1 Å². The van der Waals surface area contributed by atoms with Crippen LogP contribution in [0.5, 0.6) is 0 Å². The summed E-state index contributed by atoms with van der Waals surface area (Å²) in [7, 11) is -3.85. The van der Waals surface area contributed by atoms with Crippen molar-refractivity contribution in [1.82, 2.24) is 10.0 Å². The van der Waals surface area contributed by atoms with Gasteiger partial charge in [-0.15, -0.1) is 0 Å². The van der Waals surface area contributed by atoms with Gasteiger partial charge in [0, 0.05) is 25.2 Å². The van der Waals surface area contributed by atoms with Crippen molar-refractivity contribution in [3.05, 3.63) is 34.1 Å². The van der Waals surface area contributed by atoms with Gasteiger partial charge in [-0.3, -0.25) is 10.1 Å². The zero-order chi connectivity index (χ0) is 13.3. The first-order valence-electron chi connectivity index (χ1n) is 5.07. The first kappa shape index (κ1) is 12.9. The number of nitro groups is 1. The van der Waals surface area contributed by atoms with Crippen LogP contribution in [0.2, 0.25) is 0 Å². The number of hydrogen-bond donors (Lipinski definition) is 2. The molecule has 0 spiro atoms. The molecule has 0 bridgehead atoms. The molecular formula is C9H10FN3O4S. The van der Waals surface area contributed by atoms with Gasteiger partial charge in [0.1, 0.15) is 0 Å². The van der Waals surface area contributed by atoms with E-state index in [9.17, 15) is 22.9 Å². The summed E-state index contributed by atoms with van der Waals surface area (Å²) in [6.45, 7) is 1.00. The van der Waals surface area contributed by atoms with Gasteiger partial charge in [0.15, 0.2) is 0 Å². The third-order valence-electron chi connectivity index (χ3n) is 2.53. The Morgan fingerprint density at radius 3 is 2.61 bits per heavy atom. The van der Waals surface area contributed by atoms with Crippen molar-refractivity contribution in [1.29, 1.82) is 0 Å². The van der Waals surface area contributed by atoms with E-state index < -0.39 is 26.5 Å². The fourth-order valence-electron chi connectivity index (χ4n) is 1.46. The van der Waals surface area contributed by atoms with E-state index in [0.29, 0.717) is 19.2 Å². The fourth-order valence-corrected chi connectivity index (χ4v) is 2.71. The number of sulfonamides is 1. The summed E-state index contributed by atoms with van der Waals surface area (Å²) >= 11 is 0. The van der Waals surface area contributed by atoms with E-state index in [4.69, 9.17) is 0 Å². The van der Waals surface area contributed by atoms with Crippen LogP contribution in [0.1, 0.15) is 0 Å². The molecule has 98 valence electrons. The molecule has 0 unspecified atom stereocenters. The van der Waals surface area contributed by atoms with Gasteiger partial charge in [-0.2, -0.15) is 4.39 Å². The number of nitrogens with zero attached hydrogens (tertiary/aromatic N) is 1. The predicted molar refractivity (Wildman–Crippen MR) is 60.0 cm³/mol. The summed E-state index contributed by atoms with van der Waals surface area (Å²) in [5, 5.41) is 13.4. The summed E-state index contributed by atoms with van der Waals surface area (Å²) in [6.07, 6.45) is 0. The van der Waals surface area contributed by atoms with Gasteiger partial charge in [-0.1, -0.05) is 0 Å². The van der Waals surface area contributed by atoms with Crippen molar-refractivity contribution >= 4 is 15.7 Å². The molecule has 2 rings (SSSR count). The van der Waals surface area contributed by atoms with Crippen LogP contribution in [0, 0.1) is 15.9 Å². The SMILES string of the molecule is O=[N+]([O-])c1cc(S(=O)(=O)NC2CNC2)ccc1F. The number of hydrogen-bond acceptors (Lipinski definition) is 5. The molecule has 0 amide bonds. The second-order valence-corrected chi connectivity index (χ2v) is 5.56. The van der Waals surface area contributed by atoms with Crippen LogP contribution in [0.25, 0.3) is 0 Å². The lowest BCUT2D eigenvalue weighted by Crippen LogP contribution is -2.56. The van der Waals surface area contributed by atoms with Gasteiger partial charge in [0.2, 0.25) is 15.8 Å². The molecule has 0 saturated carbocycles. The monoisotopic (exact) mass is 275 g/mol. The molecule has 2 N–H and O–H groups in total. The second-order valence-electron chi connectivity index (χ2n) is 3.85. The first-order valence-corrected chi connectivity index (χ1v) is 6.55. The Kier molecular flexibility index (Phi) is 3.28. The Morgan fingerprint density at radius 1 is 1.44 bits per heavy atom. The molecule has 0 atom stereocenters. The molecule has 0 radical (unpaired) electrons. The molecular weight excluding hydrogens is 265 g/mol. The molecule has 1 aliphatic rings.